The molecule has 0 bridgehead atoms. The van der Waals surface area contributed by atoms with Gasteiger partial charge in [-0.05, 0) is 41.3 Å². The van der Waals surface area contributed by atoms with Crippen molar-refractivity contribution in [3.63, 3.8) is 0 Å². The van der Waals surface area contributed by atoms with Crippen LogP contribution < -0.4 is 10.6 Å². The van der Waals surface area contributed by atoms with Gasteiger partial charge in [0.2, 0.25) is 0 Å². The van der Waals surface area contributed by atoms with Gasteiger partial charge in [0.1, 0.15) is 16.4 Å². The average Bonchev–Trinajstić information content (AvgIpc) is 2.70. The molecule has 0 radical (unpaired) electrons. The normalized spacial score (nSPS) is 16.6. The maximum Gasteiger partial charge on any atom is 0.153 e. The predicted molar refractivity (Wildman–Crippen MR) is 71.2 cm³/mol. The van der Waals surface area contributed by atoms with Gasteiger partial charge in [-0.15, -0.1) is 0 Å². The van der Waals surface area contributed by atoms with Gasteiger partial charge in [-0.2, -0.15) is 5.10 Å². The Bertz CT molecular complexity index is 544. The molecule has 3 rings (SSSR count). The van der Waals surface area contributed by atoms with E-state index in [1.807, 2.05) is 0 Å². The zero-order valence-electron chi connectivity index (χ0n) is 9.43. The molecule has 0 saturated carbocycles. The molecule has 0 aliphatic carbocycles. The van der Waals surface area contributed by atoms with Crippen LogP contribution in [-0.2, 0) is 0 Å². The van der Waals surface area contributed by atoms with Crippen LogP contribution in [0.5, 0.6) is 0 Å². The molecule has 2 N–H and O–H groups in total. The number of hydrogen-bond acceptors (Lipinski definition) is 4. The maximum absolute atomic E-state index is 5.96. The smallest absolute Gasteiger partial charge is 0.153 e. The Kier molecular flexibility index (Phi) is 2.66. The number of rotatable bonds is 1. The number of nitrogens with two attached hydrogens (primary N) is 1. The summed E-state index contributed by atoms with van der Waals surface area (Å²) in [5.74, 6) is 0.534. The fourth-order valence-corrected chi connectivity index (χ4v) is 2.87. The Hall–Kier alpha value is -1.30. The number of halogens is 1. The van der Waals surface area contributed by atoms with Crippen LogP contribution in [0.4, 0.5) is 11.5 Å². The molecule has 0 aromatic carbocycles. The van der Waals surface area contributed by atoms with E-state index in [0.717, 1.165) is 28.9 Å². The largest absolute Gasteiger partial charge is 0.382 e. The zero-order valence-corrected chi connectivity index (χ0v) is 11.0. The predicted octanol–water partition coefficient (Wildman–Crippen LogP) is 2.06. The summed E-state index contributed by atoms with van der Waals surface area (Å²) in [6, 6.07) is 2.08. The summed E-state index contributed by atoms with van der Waals surface area (Å²) in [5, 5.41) is 4.21. The molecule has 3 heterocycles. The van der Waals surface area contributed by atoms with Crippen molar-refractivity contribution in [1.82, 2.24) is 14.6 Å². The summed E-state index contributed by atoms with van der Waals surface area (Å²) < 4.78 is 2.72. The Morgan fingerprint density at radius 2 is 2.00 bits per heavy atom. The van der Waals surface area contributed by atoms with Crippen LogP contribution >= 0.6 is 15.9 Å². The Labute approximate surface area is 108 Å². The number of anilines is 2. The average molecular weight is 296 g/mol. The summed E-state index contributed by atoms with van der Waals surface area (Å²) in [5.41, 5.74) is 8.00. The third-order valence-corrected chi connectivity index (χ3v) is 3.78. The lowest BCUT2D eigenvalue weighted by Gasteiger charge is -2.28. The summed E-state index contributed by atoms with van der Waals surface area (Å²) in [4.78, 5) is 6.44. The third kappa shape index (κ3) is 1.76. The van der Waals surface area contributed by atoms with Crippen LogP contribution in [-0.4, -0.2) is 27.7 Å². The van der Waals surface area contributed by atoms with E-state index in [-0.39, 0.29) is 0 Å². The third-order valence-electron chi connectivity index (χ3n) is 3.22. The molecule has 5 nitrogen and oxygen atoms in total. The first-order valence-corrected chi connectivity index (χ1v) is 6.59. The molecular formula is C11H14BrN5. The van der Waals surface area contributed by atoms with Crippen LogP contribution in [0.25, 0.3) is 5.52 Å². The minimum absolute atomic E-state index is 0.534. The highest BCUT2D eigenvalue weighted by Gasteiger charge is 2.19. The van der Waals surface area contributed by atoms with E-state index in [2.05, 4.69) is 37.0 Å². The molecule has 0 atom stereocenters. The van der Waals surface area contributed by atoms with Gasteiger partial charge in [0.15, 0.2) is 5.82 Å². The number of nitrogen functional groups attached to an aromatic ring is 1. The Balaban J connectivity index is 2.15. The highest BCUT2D eigenvalue weighted by molar-refractivity contribution is 9.10. The first-order chi connectivity index (χ1) is 8.27. The van der Waals surface area contributed by atoms with Gasteiger partial charge >= 0.3 is 0 Å². The SMILES string of the molecule is Nc1ncnn2c(Br)cc(N3CCCCC3)c12. The first-order valence-electron chi connectivity index (χ1n) is 5.80. The zero-order chi connectivity index (χ0) is 11.8. The molecular weight excluding hydrogens is 282 g/mol. The second-order valence-electron chi connectivity index (χ2n) is 4.31. The second kappa shape index (κ2) is 4.18. The number of nitrogens with zero attached hydrogens (tertiary/aromatic N) is 4. The number of aromatic nitrogens is 3. The van der Waals surface area contributed by atoms with Crippen molar-refractivity contribution in [3.05, 3.63) is 17.0 Å². The fourth-order valence-electron chi connectivity index (χ4n) is 2.39. The van der Waals surface area contributed by atoms with Gasteiger partial charge in [0.05, 0.1) is 5.69 Å². The van der Waals surface area contributed by atoms with Crippen LogP contribution in [0.3, 0.4) is 0 Å². The van der Waals surface area contributed by atoms with Gasteiger partial charge in [-0.3, -0.25) is 0 Å². The topological polar surface area (TPSA) is 59.4 Å². The van der Waals surface area contributed by atoms with Crippen molar-refractivity contribution < 1.29 is 0 Å². The number of piperidine rings is 1. The number of hydrogen-bond donors (Lipinski definition) is 1. The second-order valence-corrected chi connectivity index (χ2v) is 5.12. The quantitative estimate of drug-likeness (QED) is 0.875. The standard InChI is InChI=1S/C11H14BrN5/c12-9-6-8(16-4-2-1-3-5-16)10-11(13)14-7-15-17(9)10/h6-7H,1-5H2,(H2,13,14,15). The fraction of sp³-hybridized carbons (Fsp3) is 0.455. The number of fused-ring (bicyclic) bond motifs is 1. The highest BCUT2D eigenvalue weighted by atomic mass is 79.9. The van der Waals surface area contributed by atoms with Crippen LogP contribution in [0.15, 0.2) is 17.0 Å². The van der Waals surface area contributed by atoms with Crippen LogP contribution in [0.1, 0.15) is 19.3 Å². The van der Waals surface area contributed by atoms with E-state index in [9.17, 15) is 0 Å². The molecule has 2 aromatic rings. The van der Waals surface area contributed by atoms with Crippen molar-refractivity contribution in [2.45, 2.75) is 19.3 Å². The van der Waals surface area contributed by atoms with Crippen molar-refractivity contribution in [3.8, 4) is 0 Å². The molecule has 1 saturated heterocycles. The summed E-state index contributed by atoms with van der Waals surface area (Å²) in [7, 11) is 0. The van der Waals surface area contributed by atoms with E-state index < -0.39 is 0 Å². The minimum Gasteiger partial charge on any atom is -0.382 e. The highest BCUT2D eigenvalue weighted by Crippen LogP contribution is 2.32. The van der Waals surface area contributed by atoms with Crippen LogP contribution in [0.2, 0.25) is 0 Å². The van der Waals surface area contributed by atoms with Gasteiger partial charge in [0, 0.05) is 13.1 Å². The van der Waals surface area contributed by atoms with Gasteiger partial charge in [0.25, 0.3) is 0 Å². The Morgan fingerprint density at radius 3 is 2.76 bits per heavy atom. The van der Waals surface area contributed by atoms with Crippen molar-refractivity contribution in [1.29, 1.82) is 0 Å². The summed E-state index contributed by atoms with van der Waals surface area (Å²) in [6.45, 7) is 2.17. The lowest BCUT2D eigenvalue weighted by molar-refractivity contribution is 0.579. The molecule has 1 aliphatic heterocycles. The van der Waals surface area contributed by atoms with E-state index in [1.165, 1.54) is 25.6 Å². The molecule has 1 aliphatic rings. The van der Waals surface area contributed by atoms with Gasteiger partial charge in [-0.1, -0.05) is 0 Å². The first kappa shape index (κ1) is 10.8. The molecule has 2 aromatic heterocycles. The molecule has 0 unspecified atom stereocenters. The molecule has 0 amide bonds. The van der Waals surface area contributed by atoms with Crippen molar-refractivity contribution in [2.24, 2.45) is 0 Å². The van der Waals surface area contributed by atoms with E-state index >= 15 is 0 Å². The molecule has 0 spiro atoms. The van der Waals surface area contributed by atoms with Gasteiger partial charge in [-0.25, -0.2) is 9.50 Å². The molecule has 1 fully saturated rings. The lowest BCUT2D eigenvalue weighted by Crippen LogP contribution is -2.29. The molecule has 90 valence electrons. The van der Waals surface area contributed by atoms with Crippen LogP contribution in [0, 0.1) is 0 Å². The lowest BCUT2D eigenvalue weighted by atomic mass is 10.1. The van der Waals surface area contributed by atoms with Gasteiger partial charge < -0.3 is 10.6 Å². The molecule has 6 heteroatoms. The van der Waals surface area contributed by atoms with Crippen molar-refractivity contribution in [2.75, 3.05) is 23.7 Å². The minimum atomic E-state index is 0.534. The summed E-state index contributed by atoms with van der Waals surface area (Å²) in [6.07, 6.45) is 5.27. The van der Waals surface area contributed by atoms with E-state index in [1.54, 1.807) is 4.52 Å². The van der Waals surface area contributed by atoms with Crippen molar-refractivity contribution >= 4 is 33.0 Å². The Morgan fingerprint density at radius 1 is 1.24 bits per heavy atom. The van der Waals surface area contributed by atoms with E-state index in [4.69, 9.17) is 5.73 Å². The molecule has 17 heavy (non-hydrogen) atoms. The summed E-state index contributed by atoms with van der Waals surface area (Å²) >= 11 is 3.51. The maximum atomic E-state index is 5.96. The monoisotopic (exact) mass is 295 g/mol. The van der Waals surface area contributed by atoms with E-state index in [0.29, 0.717) is 5.82 Å².